The normalized spacial score (nSPS) is 10.9. The Morgan fingerprint density at radius 2 is 1.65 bits per heavy atom. The van der Waals surface area contributed by atoms with Crippen LogP contribution in [-0.2, 0) is 0 Å². The Bertz CT molecular complexity index is 955. The van der Waals surface area contributed by atoms with Crippen LogP contribution < -0.4 is 9.47 Å². The van der Waals surface area contributed by atoms with E-state index in [-0.39, 0.29) is 5.75 Å². The molecular weight excluding hydrogens is 330 g/mol. The standard InChI is InChI=1S/C20H19N3O3/c1-13-21-19(23-20(22-13)15-6-4-5-7-16(15)24)11-9-14-8-10-17(25-2)18(12-14)26-3/h4-12,24H,1-3H3. The quantitative estimate of drug-likeness (QED) is 0.756. The summed E-state index contributed by atoms with van der Waals surface area (Å²) < 4.78 is 10.6. The molecule has 0 saturated heterocycles. The van der Waals surface area contributed by atoms with Gasteiger partial charge in [0, 0.05) is 0 Å². The van der Waals surface area contributed by atoms with E-state index in [9.17, 15) is 5.11 Å². The lowest BCUT2D eigenvalue weighted by atomic mass is 10.1. The minimum absolute atomic E-state index is 0.132. The number of aromatic hydroxyl groups is 1. The fourth-order valence-electron chi connectivity index (χ4n) is 2.49. The van der Waals surface area contributed by atoms with E-state index < -0.39 is 0 Å². The maximum atomic E-state index is 10.0. The molecule has 3 aromatic rings. The summed E-state index contributed by atoms with van der Waals surface area (Å²) in [5.74, 6) is 2.96. The van der Waals surface area contributed by atoms with Crippen molar-refractivity contribution in [2.24, 2.45) is 0 Å². The Hall–Kier alpha value is -3.41. The summed E-state index contributed by atoms with van der Waals surface area (Å²) in [4.78, 5) is 13.1. The highest BCUT2D eigenvalue weighted by molar-refractivity contribution is 5.70. The van der Waals surface area contributed by atoms with Gasteiger partial charge >= 0.3 is 0 Å². The summed E-state index contributed by atoms with van der Waals surface area (Å²) in [7, 11) is 3.20. The fourth-order valence-corrected chi connectivity index (χ4v) is 2.49. The molecule has 0 unspecified atom stereocenters. The smallest absolute Gasteiger partial charge is 0.167 e. The van der Waals surface area contributed by atoms with Crippen molar-refractivity contribution >= 4 is 12.2 Å². The highest BCUT2D eigenvalue weighted by Gasteiger charge is 2.09. The molecule has 1 aromatic heterocycles. The number of aryl methyl sites for hydroxylation is 1. The molecule has 26 heavy (non-hydrogen) atoms. The van der Waals surface area contributed by atoms with E-state index >= 15 is 0 Å². The molecule has 0 amide bonds. The topological polar surface area (TPSA) is 77.4 Å². The number of rotatable bonds is 5. The van der Waals surface area contributed by atoms with Gasteiger partial charge in [0.05, 0.1) is 19.8 Å². The number of hydrogen-bond donors (Lipinski definition) is 1. The first-order valence-electron chi connectivity index (χ1n) is 8.02. The Kier molecular flexibility index (Phi) is 5.12. The van der Waals surface area contributed by atoms with E-state index in [0.717, 1.165) is 5.56 Å². The first kappa shape index (κ1) is 17.4. The van der Waals surface area contributed by atoms with Crippen molar-refractivity contribution < 1.29 is 14.6 Å². The lowest BCUT2D eigenvalue weighted by Gasteiger charge is -2.07. The minimum atomic E-state index is 0.132. The van der Waals surface area contributed by atoms with Gasteiger partial charge in [-0.25, -0.2) is 15.0 Å². The van der Waals surface area contributed by atoms with Gasteiger partial charge in [-0.1, -0.05) is 24.3 Å². The molecule has 0 spiro atoms. The van der Waals surface area contributed by atoms with Crippen molar-refractivity contribution in [3.8, 4) is 28.6 Å². The van der Waals surface area contributed by atoms with Crippen molar-refractivity contribution in [1.82, 2.24) is 15.0 Å². The average Bonchev–Trinajstić information content (AvgIpc) is 2.66. The van der Waals surface area contributed by atoms with Gasteiger partial charge in [-0.3, -0.25) is 0 Å². The summed E-state index contributed by atoms with van der Waals surface area (Å²) in [5, 5.41) is 10.0. The van der Waals surface area contributed by atoms with Gasteiger partial charge in [0.25, 0.3) is 0 Å². The molecule has 0 fully saturated rings. The van der Waals surface area contributed by atoms with Crippen LogP contribution in [0.1, 0.15) is 17.2 Å². The maximum absolute atomic E-state index is 10.0. The molecule has 1 heterocycles. The number of benzene rings is 2. The van der Waals surface area contributed by atoms with Gasteiger partial charge in [0.1, 0.15) is 11.6 Å². The van der Waals surface area contributed by atoms with Gasteiger partial charge in [-0.2, -0.15) is 0 Å². The lowest BCUT2D eigenvalue weighted by Crippen LogP contribution is -1.99. The predicted molar refractivity (Wildman–Crippen MR) is 100 cm³/mol. The second-order valence-corrected chi connectivity index (χ2v) is 5.53. The third-order valence-electron chi connectivity index (χ3n) is 3.74. The van der Waals surface area contributed by atoms with Crippen molar-refractivity contribution in [2.75, 3.05) is 14.2 Å². The third kappa shape index (κ3) is 3.80. The van der Waals surface area contributed by atoms with Crippen LogP contribution in [0.4, 0.5) is 0 Å². The zero-order valence-electron chi connectivity index (χ0n) is 14.8. The molecule has 3 rings (SSSR count). The van der Waals surface area contributed by atoms with E-state index in [1.165, 1.54) is 0 Å². The number of ether oxygens (including phenoxy) is 2. The van der Waals surface area contributed by atoms with Gasteiger partial charge in [0.15, 0.2) is 23.1 Å². The molecule has 1 N–H and O–H groups in total. The molecule has 0 aliphatic heterocycles. The van der Waals surface area contributed by atoms with E-state index in [1.807, 2.05) is 30.3 Å². The number of para-hydroxylation sites is 1. The van der Waals surface area contributed by atoms with Crippen LogP contribution in [0, 0.1) is 6.92 Å². The van der Waals surface area contributed by atoms with Crippen LogP contribution in [0.2, 0.25) is 0 Å². The molecule has 0 aliphatic rings. The van der Waals surface area contributed by atoms with E-state index in [1.54, 1.807) is 45.4 Å². The molecular formula is C20H19N3O3. The summed E-state index contributed by atoms with van der Waals surface area (Å²) in [6, 6.07) is 12.6. The predicted octanol–water partition coefficient (Wildman–Crippen LogP) is 3.74. The summed E-state index contributed by atoms with van der Waals surface area (Å²) >= 11 is 0. The summed E-state index contributed by atoms with van der Waals surface area (Å²) in [6.07, 6.45) is 3.67. The monoisotopic (exact) mass is 349 g/mol. The van der Waals surface area contributed by atoms with Crippen LogP contribution >= 0.6 is 0 Å². The van der Waals surface area contributed by atoms with Crippen molar-refractivity contribution in [3.05, 3.63) is 59.7 Å². The van der Waals surface area contributed by atoms with Gasteiger partial charge in [-0.15, -0.1) is 0 Å². The number of hydrogen-bond acceptors (Lipinski definition) is 6. The van der Waals surface area contributed by atoms with Crippen LogP contribution in [0.5, 0.6) is 17.2 Å². The van der Waals surface area contributed by atoms with Crippen molar-refractivity contribution in [3.63, 3.8) is 0 Å². The van der Waals surface area contributed by atoms with Gasteiger partial charge < -0.3 is 14.6 Å². The number of methoxy groups -OCH3 is 2. The van der Waals surface area contributed by atoms with Crippen molar-refractivity contribution in [1.29, 1.82) is 0 Å². The summed E-state index contributed by atoms with van der Waals surface area (Å²) in [6.45, 7) is 1.79. The second-order valence-electron chi connectivity index (χ2n) is 5.53. The Morgan fingerprint density at radius 3 is 2.38 bits per heavy atom. The van der Waals surface area contributed by atoms with Gasteiger partial charge in [0.2, 0.25) is 0 Å². The highest BCUT2D eigenvalue weighted by Crippen LogP contribution is 2.28. The van der Waals surface area contributed by atoms with Crippen molar-refractivity contribution in [2.45, 2.75) is 6.92 Å². The molecule has 0 bridgehead atoms. The Morgan fingerprint density at radius 1 is 0.885 bits per heavy atom. The van der Waals surface area contributed by atoms with Crippen LogP contribution in [0.3, 0.4) is 0 Å². The molecule has 0 atom stereocenters. The zero-order valence-corrected chi connectivity index (χ0v) is 14.8. The largest absolute Gasteiger partial charge is 0.507 e. The number of nitrogens with zero attached hydrogens (tertiary/aromatic N) is 3. The molecule has 0 saturated carbocycles. The average molecular weight is 349 g/mol. The van der Waals surface area contributed by atoms with E-state index in [0.29, 0.717) is 34.5 Å². The zero-order chi connectivity index (χ0) is 18.5. The number of aromatic nitrogens is 3. The lowest BCUT2D eigenvalue weighted by molar-refractivity contribution is 0.355. The molecule has 2 aromatic carbocycles. The first-order valence-corrected chi connectivity index (χ1v) is 8.02. The van der Waals surface area contributed by atoms with E-state index in [2.05, 4.69) is 15.0 Å². The Labute approximate surface area is 151 Å². The second kappa shape index (κ2) is 7.65. The third-order valence-corrected chi connectivity index (χ3v) is 3.74. The highest BCUT2D eigenvalue weighted by atomic mass is 16.5. The Balaban J connectivity index is 1.93. The number of phenols is 1. The minimum Gasteiger partial charge on any atom is -0.507 e. The van der Waals surface area contributed by atoms with Crippen LogP contribution in [0.15, 0.2) is 42.5 Å². The van der Waals surface area contributed by atoms with E-state index in [4.69, 9.17) is 9.47 Å². The molecule has 0 aliphatic carbocycles. The maximum Gasteiger partial charge on any atom is 0.167 e. The molecule has 6 nitrogen and oxygen atoms in total. The molecule has 132 valence electrons. The van der Waals surface area contributed by atoms with Gasteiger partial charge in [-0.05, 0) is 42.8 Å². The molecule has 0 radical (unpaired) electrons. The van der Waals surface area contributed by atoms with Crippen LogP contribution in [0.25, 0.3) is 23.5 Å². The fraction of sp³-hybridized carbons (Fsp3) is 0.150. The van der Waals surface area contributed by atoms with Crippen LogP contribution in [-0.4, -0.2) is 34.3 Å². The summed E-state index contributed by atoms with van der Waals surface area (Å²) in [5.41, 5.74) is 1.49. The molecule has 6 heteroatoms. The SMILES string of the molecule is COc1ccc(C=Cc2nc(C)nc(-c3ccccc3O)n2)cc1OC. The number of phenolic OH excluding ortho intramolecular Hbond substituents is 1. The first-order chi connectivity index (χ1) is 12.6.